The van der Waals surface area contributed by atoms with Gasteiger partial charge < -0.3 is 0 Å². The summed E-state index contributed by atoms with van der Waals surface area (Å²) >= 11 is 0. The van der Waals surface area contributed by atoms with E-state index in [1.54, 1.807) is 0 Å². The molecule has 1 aliphatic rings. The first-order valence-electron chi connectivity index (χ1n) is 18.9. The summed E-state index contributed by atoms with van der Waals surface area (Å²) in [4.78, 5) is 16.2. The van der Waals surface area contributed by atoms with Gasteiger partial charge in [0.2, 0.25) is 0 Å². The Morgan fingerprint density at radius 2 is 0.818 bits per heavy atom. The van der Waals surface area contributed by atoms with Crippen molar-refractivity contribution in [1.29, 1.82) is 0 Å². The molecule has 0 N–H and O–H groups in total. The van der Waals surface area contributed by atoms with Crippen LogP contribution in [-0.4, -0.2) is 15.0 Å². The van der Waals surface area contributed by atoms with Crippen LogP contribution in [0.25, 0.3) is 89.4 Å². The van der Waals surface area contributed by atoms with E-state index in [0.717, 1.165) is 60.8 Å². The van der Waals surface area contributed by atoms with Crippen molar-refractivity contribution in [2.75, 3.05) is 0 Å². The highest BCUT2D eigenvalue weighted by Gasteiger charge is 2.35. The molecule has 0 bridgehead atoms. The number of aromatic nitrogens is 3. The van der Waals surface area contributed by atoms with Crippen LogP contribution in [0.2, 0.25) is 0 Å². The van der Waals surface area contributed by atoms with Gasteiger partial charge in [-0.3, -0.25) is 0 Å². The fourth-order valence-corrected chi connectivity index (χ4v) is 8.46. The van der Waals surface area contributed by atoms with Crippen LogP contribution in [0.5, 0.6) is 0 Å². The smallest absolute Gasteiger partial charge is 0.165 e. The Kier molecular flexibility index (Phi) is 7.81. The summed E-state index contributed by atoms with van der Waals surface area (Å²) in [5.41, 5.74) is 14.6. The number of nitrogens with zero attached hydrogens (tertiary/aromatic N) is 3. The molecule has 1 heterocycles. The van der Waals surface area contributed by atoms with Crippen molar-refractivity contribution in [3.05, 3.63) is 199 Å². The summed E-state index contributed by atoms with van der Waals surface area (Å²) in [5, 5.41) is 2.24. The van der Waals surface area contributed by atoms with Gasteiger partial charge >= 0.3 is 0 Å². The molecule has 8 aromatic carbocycles. The molecule has 0 unspecified atom stereocenters. The van der Waals surface area contributed by atoms with Gasteiger partial charge in [0, 0.05) is 22.1 Å². The third-order valence-electron chi connectivity index (χ3n) is 11.2. The molecule has 1 aliphatic carbocycles. The van der Waals surface area contributed by atoms with Gasteiger partial charge in [-0.25, -0.2) is 15.0 Å². The molecule has 0 fully saturated rings. The minimum Gasteiger partial charge on any atom is -0.208 e. The highest BCUT2D eigenvalue weighted by atomic mass is 15.0. The number of rotatable bonds is 6. The highest BCUT2D eigenvalue weighted by molar-refractivity contribution is 5.98. The SMILES string of the molecule is CC1(C)c2ccccc2-c2ccc(-c3cccc(-c4ccccc4)c3-c3nc(-c4ccccc4-c4ccccc4)nc(-c4cccc5ccccc45)n3)cc21. The zero-order valence-corrected chi connectivity index (χ0v) is 30.7. The van der Waals surface area contributed by atoms with Gasteiger partial charge in [0.25, 0.3) is 0 Å². The van der Waals surface area contributed by atoms with Crippen molar-refractivity contribution in [2.24, 2.45) is 0 Å². The van der Waals surface area contributed by atoms with Gasteiger partial charge in [-0.2, -0.15) is 0 Å². The van der Waals surface area contributed by atoms with E-state index in [-0.39, 0.29) is 5.41 Å². The summed E-state index contributed by atoms with van der Waals surface area (Å²) in [6.45, 7) is 4.67. The van der Waals surface area contributed by atoms with Crippen LogP contribution in [0.3, 0.4) is 0 Å². The average molecular weight is 704 g/mol. The monoisotopic (exact) mass is 703 g/mol. The van der Waals surface area contributed by atoms with Crippen LogP contribution in [0.15, 0.2) is 188 Å². The lowest BCUT2D eigenvalue weighted by Gasteiger charge is -2.22. The van der Waals surface area contributed by atoms with Crippen molar-refractivity contribution in [1.82, 2.24) is 15.0 Å². The lowest BCUT2D eigenvalue weighted by atomic mass is 9.81. The van der Waals surface area contributed by atoms with Crippen LogP contribution in [0.4, 0.5) is 0 Å². The van der Waals surface area contributed by atoms with Crippen LogP contribution in [0.1, 0.15) is 25.0 Å². The topological polar surface area (TPSA) is 38.7 Å². The second kappa shape index (κ2) is 13.2. The first-order chi connectivity index (χ1) is 27.0. The van der Waals surface area contributed by atoms with E-state index in [4.69, 9.17) is 15.0 Å². The average Bonchev–Trinajstić information content (AvgIpc) is 3.48. The molecule has 0 atom stereocenters. The molecule has 0 saturated carbocycles. The Bertz CT molecular complexity index is 2890. The van der Waals surface area contributed by atoms with E-state index in [1.807, 2.05) is 6.07 Å². The van der Waals surface area contributed by atoms with Crippen LogP contribution >= 0.6 is 0 Å². The lowest BCUT2D eigenvalue weighted by molar-refractivity contribution is 0.660. The predicted octanol–water partition coefficient (Wildman–Crippen LogP) is 13.3. The van der Waals surface area contributed by atoms with E-state index in [0.29, 0.717) is 17.5 Å². The molecule has 0 amide bonds. The Balaban J connectivity index is 1.27. The maximum Gasteiger partial charge on any atom is 0.165 e. The Hall–Kier alpha value is -6.97. The molecule has 3 heteroatoms. The van der Waals surface area contributed by atoms with E-state index in [9.17, 15) is 0 Å². The lowest BCUT2D eigenvalue weighted by Crippen LogP contribution is -2.14. The number of hydrogen-bond donors (Lipinski definition) is 0. The summed E-state index contributed by atoms with van der Waals surface area (Å²) in [5.74, 6) is 1.90. The van der Waals surface area contributed by atoms with Crippen LogP contribution in [0, 0.1) is 0 Å². The Morgan fingerprint density at radius 3 is 1.58 bits per heavy atom. The van der Waals surface area contributed by atoms with Crippen molar-refractivity contribution < 1.29 is 0 Å². The molecular formula is C52H37N3. The second-order valence-corrected chi connectivity index (χ2v) is 14.8. The summed E-state index contributed by atoms with van der Waals surface area (Å²) in [6.07, 6.45) is 0. The van der Waals surface area contributed by atoms with Crippen molar-refractivity contribution in [3.63, 3.8) is 0 Å². The van der Waals surface area contributed by atoms with Crippen LogP contribution < -0.4 is 0 Å². The van der Waals surface area contributed by atoms with Crippen LogP contribution in [-0.2, 0) is 5.41 Å². The second-order valence-electron chi connectivity index (χ2n) is 14.8. The number of benzene rings is 8. The van der Waals surface area contributed by atoms with Crippen molar-refractivity contribution in [2.45, 2.75) is 19.3 Å². The normalized spacial score (nSPS) is 12.7. The summed E-state index contributed by atoms with van der Waals surface area (Å²) in [6, 6.07) is 66.6. The largest absolute Gasteiger partial charge is 0.208 e. The van der Waals surface area contributed by atoms with E-state index in [1.165, 1.54) is 22.3 Å². The van der Waals surface area contributed by atoms with Gasteiger partial charge in [-0.05, 0) is 72.5 Å². The number of hydrogen-bond acceptors (Lipinski definition) is 3. The first-order valence-corrected chi connectivity index (χ1v) is 18.9. The zero-order chi connectivity index (χ0) is 36.9. The molecule has 260 valence electrons. The molecule has 9 aromatic rings. The fourth-order valence-electron chi connectivity index (χ4n) is 8.46. The molecule has 3 nitrogen and oxygen atoms in total. The molecule has 55 heavy (non-hydrogen) atoms. The highest BCUT2D eigenvalue weighted by Crippen LogP contribution is 2.50. The maximum absolute atomic E-state index is 5.45. The first kappa shape index (κ1) is 32.7. The van der Waals surface area contributed by atoms with Crippen molar-refractivity contribution >= 4 is 10.8 Å². The van der Waals surface area contributed by atoms with E-state index >= 15 is 0 Å². The molecule has 0 aliphatic heterocycles. The maximum atomic E-state index is 5.45. The quantitative estimate of drug-likeness (QED) is 0.173. The minimum absolute atomic E-state index is 0.137. The standard InChI is InChI=1S/C52H37N3/c1-52(2)46-30-14-13-25-42(46)43-32-31-37(33-47(43)52)41-28-16-27-40(36-19-7-4-8-20-36)48(41)51-54-49(44-26-12-11-24-38(44)34-17-5-3-6-18-34)53-50(55-51)45-29-15-22-35-21-9-10-23-39(35)45/h3-33H,1-2H3. The molecule has 0 spiro atoms. The minimum atomic E-state index is -0.137. The third kappa shape index (κ3) is 5.55. The molecule has 0 saturated heterocycles. The molecule has 10 rings (SSSR count). The van der Waals surface area contributed by atoms with Gasteiger partial charge in [0.05, 0.1) is 0 Å². The Labute approximate surface area is 321 Å². The summed E-state index contributed by atoms with van der Waals surface area (Å²) in [7, 11) is 0. The van der Waals surface area contributed by atoms with Crippen molar-refractivity contribution in [3.8, 4) is 78.7 Å². The third-order valence-corrected chi connectivity index (χ3v) is 11.2. The number of fused-ring (bicyclic) bond motifs is 4. The van der Waals surface area contributed by atoms with Gasteiger partial charge in [0.1, 0.15) is 0 Å². The zero-order valence-electron chi connectivity index (χ0n) is 30.7. The van der Waals surface area contributed by atoms with E-state index < -0.39 is 0 Å². The molecule has 1 aromatic heterocycles. The van der Waals surface area contributed by atoms with E-state index in [2.05, 4.69) is 196 Å². The van der Waals surface area contributed by atoms with Gasteiger partial charge in [-0.15, -0.1) is 0 Å². The van der Waals surface area contributed by atoms with Gasteiger partial charge in [-0.1, -0.05) is 196 Å². The Morgan fingerprint density at radius 1 is 0.327 bits per heavy atom. The fraction of sp³-hybridized carbons (Fsp3) is 0.0577. The molecule has 0 radical (unpaired) electrons. The van der Waals surface area contributed by atoms with Gasteiger partial charge in [0.15, 0.2) is 17.5 Å². The predicted molar refractivity (Wildman–Crippen MR) is 228 cm³/mol. The summed E-state index contributed by atoms with van der Waals surface area (Å²) < 4.78 is 0. The molecular weight excluding hydrogens is 667 g/mol.